The number of aromatic nitrogens is 1. The van der Waals surface area contributed by atoms with Gasteiger partial charge in [0.2, 0.25) is 11.8 Å². The van der Waals surface area contributed by atoms with Gasteiger partial charge in [-0.25, -0.2) is 4.98 Å². The van der Waals surface area contributed by atoms with Gasteiger partial charge in [0.25, 0.3) is 0 Å². The second-order valence-electron chi connectivity index (χ2n) is 6.81. The second-order valence-corrected chi connectivity index (χ2v) is 6.81. The summed E-state index contributed by atoms with van der Waals surface area (Å²) in [6.45, 7) is 5.74. The third kappa shape index (κ3) is 4.11. The number of hydrogen-bond acceptors (Lipinski definition) is 4. The summed E-state index contributed by atoms with van der Waals surface area (Å²) in [5.74, 6) is 1.20. The first-order valence-electron chi connectivity index (χ1n) is 9.45. The molecular formula is C19H28N4O2. The summed E-state index contributed by atoms with van der Waals surface area (Å²) in [4.78, 5) is 35.7. The molecule has 0 N–H and O–H groups in total. The van der Waals surface area contributed by atoms with E-state index in [1.165, 1.54) is 0 Å². The normalized spacial score (nSPS) is 21.8. The Balaban J connectivity index is 1.65. The molecule has 1 unspecified atom stereocenters. The van der Waals surface area contributed by atoms with Crippen LogP contribution in [0.4, 0.5) is 5.82 Å². The van der Waals surface area contributed by atoms with Crippen molar-refractivity contribution in [1.29, 1.82) is 0 Å². The zero-order valence-electron chi connectivity index (χ0n) is 15.1. The molecule has 0 radical (unpaired) electrons. The maximum atomic E-state index is 13.1. The van der Waals surface area contributed by atoms with E-state index >= 15 is 0 Å². The van der Waals surface area contributed by atoms with E-state index in [1.54, 1.807) is 6.20 Å². The number of carbonyl (C=O) groups is 2. The molecule has 1 aromatic rings. The van der Waals surface area contributed by atoms with Crippen LogP contribution in [0.2, 0.25) is 0 Å². The molecule has 2 aliphatic rings. The van der Waals surface area contributed by atoms with Gasteiger partial charge in [-0.1, -0.05) is 13.0 Å². The highest BCUT2D eigenvalue weighted by Crippen LogP contribution is 2.21. The molecule has 0 spiro atoms. The number of anilines is 1. The first-order chi connectivity index (χ1) is 12.2. The Hall–Kier alpha value is -2.11. The lowest BCUT2D eigenvalue weighted by Gasteiger charge is -2.37. The third-order valence-corrected chi connectivity index (χ3v) is 5.19. The molecule has 3 heterocycles. The highest BCUT2D eigenvalue weighted by molar-refractivity contribution is 5.88. The van der Waals surface area contributed by atoms with Gasteiger partial charge in [0, 0.05) is 45.3 Å². The van der Waals surface area contributed by atoms with Gasteiger partial charge in [0.1, 0.15) is 11.9 Å². The molecule has 0 aromatic carbocycles. The average molecular weight is 344 g/mol. The molecule has 3 rings (SSSR count). The summed E-state index contributed by atoms with van der Waals surface area (Å²) in [6.07, 6.45) is 6.03. The Morgan fingerprint density at radius 2 is 1.96 bits per heavy atom. The van der Waals surface area contributed by atoms with Crippen molar-refractivity contribution < 1.29 is 9.59 Å². The number of piperidine rings is 1. The number of rotatable bonds is 3. The molecule has 2 amide bonds. The molecule has 0 bridgehead atoms. The van der Waals surface area contributed by atoms with Crippen molar-refractivity contribution in [2.75, 3.05) is 37.6 Å². The standard InChI is InChI=1S/C19H28N4O2/c1-2-18(24)23-13-6-4-8-16(23)19(25)22-12-7-11-21(14-15-22)17-9-3-5-10-20-17/h3,5,9-10,16H,2,4,6-8,11-15H2,1H3. The van der Waals surface area contributed by atoms with Gasteiger partial charge in [0.05, 0.1) is 0 Å². The van der Waals surface area contributed by atoms with Gasteiger partial charge in [-0.05, 0) is 37.8 Å². The topological polar surface area (TPSA) is 56.8 Å². The van der Waals surface area contributed by atoms with Crippen LogP contribution in [0.15, 0.2) is 24.4 Å². The lowest BCUT2D eigenvalue weighted by Crippen LogP contribution is -2.53. The van der Waals surface area contributed by atoms with Crippen molar-refractivity contribution in [1.82, 2.24) is 14.8 Å². The number of hydrogen-bond donors (Lipinski definition) is 0. The van der Waals surface area contributed by atoms with Gasteiger partial charge in [-0.2, -0.15) is 0 Å². The summed E-state index contributed by atoms with van der Waals surface area (Å²) in [6, 6.07) is 5.66. The van der Waals surface area contributed by atoms with E-state index < -0.39 is 0 Å². The SMILES string of the molecule is CCC(=O)N1CCCCC1C(=O)N1CCCN(c2ccccn2)CC1. The van der Waals surface area contributed by atoms with Gasteiger partial charge in [0.15, 0.2) is 0 Å². The average Bonchev–Trinajstić information content (AvgIpc) is 2.94. The first-order valence-corrected chi connectivity index (χ1v) is 9.45. The van der Waals surface area contributed by atoms with Crippen LogP contribution in [-0.4, -0.2) is 65.4 Å². The zero-order valence-corrected chi connectivity index (χ0v) is 15.1. The fraction of sp³-hybridized carbons (Fsp3) is 0.632. The van der Waals surface area contributed by atoms with E-state index in [2.05, 4.69) is 9.88 Å². The van der Waals surface area contributed by atoms with Crippen LogP contribution in [0.25, 0.3) is 0 Å². The molecule has 2 fully saturated rings. The molecular weight excluding hydrogens is 316 g/mol. The smallest absolute Gasteiger partial charge is 0.245 e. The van der Waals surface area contributed by atoms with Gasteiger partial charge >= 0.3 is 0 Å². The fourth-order valence-electron chi connectivity index (χ4n) is 3.81. The Morgan fingerprint density at radius 3 is 2.72 bits per heavy atom. The van der Waals surface area contributed by atoms with Crippen LogP contribution in [0.3, 0.4) is 0 Å². The number of pyridine rings is 1. The van der Waals surface area contributed by atoms with Crippen molar-refractivity contribution in [3.05, 3.63) is 24.4 Å². The molecule has 2 saturated heterocycles. The summed E-state index contributed by atoms with van der Waals surface area (Å²) < 4.78 is 0. The second kappa shape index (κ2) is 8.32. The molecule has 0 aliphatic carbocycles. The van der Waals surface area contributed by atoms with Gasteiger partial charge < -0.3 is 14.7 Å². The summed E-state index contributed by atoms with van der Waals surface area (Å²) in [7, 11) is 0. The van der Waals surface area contributed by atoms with Gasteiger partial charge in [-0.15, -0.1) is 0 Å². The molecule has 25 heavy (non-hydrogen) atoms. The molecule has 6 nitrogen and oxygen atoms in total. The maximum Gasteiger partial charge on any atom is 0.245 e. The highest BCUT2D eigenvalue weighted by Gasteiger charge is 2.34. The predicted octanol–water partition coefficient (Wildman–Crippen LogP) is 1.91. The van der Waals surface area contributed by atoms with E-state index in [1.807, 2.05) is 34.9 Å². The number of carbonyl (C=O) groups excluding carboxylic acids is 2. The zero-order chi connectivity index (χ0) is 17.6. The fourth-order valence-corrected chi connectivity index (χ4v) is 3.81. The highest BCUT2D eigenvalue weighted by atomic mass is 16.2. The quantitative estimate of drug-likeness (QED) is 0.840. The number of nitrogens with zero attached hydrogens (tertiary/aromatic N) is 4. The van der Waals surface area contributed by atoms with Crippen molar-refractivity contribution in [3.8, 4) is 0 Å². The number of likely N-dealkylation sites (tertiary alicyclic amines) is 1. The van der Waals surface area contributed by atoms with Crippen LogP contribution in [0, 0.1) is 0 Å². The molecule has 136 valence electrons. The Labute approximate surface area is 149 Å². The van der Waals surface area contributed by atoms with Crippen LogP contribution in [0.5, 0.6) is 0 Å². The Bertz CT molecular complexity index is 592. The van der Waals surface area contributed by atoms with Crippen LogP contribution < -0.4 is 4.90 Å². The molecule has 2 aliphatic heterocycles. The lowest BCUT2D eigenvalue weighted by atomic mass is 10.00. The molecule has 0 saturated carbocycles. The van der Waals surface area contributed by atoms with Crippen molar-refractivity contribution >= 4 is 17.6 Å². The lowest BCUT2D eigenvalue weighted by molar-refractivity contribution is -0.147. The molecule has 1 aromatic heterocycles. The van der Waals surface area contributed by atoms with Crippen LogP contribution in [0.1, 0.15) is 39.0 Å². The van der Waals surface area contributed by atoms with Crippen LogP contribution >= 0.6 is 0 Å². The van der Waals surface area contributed by atoms with Crippen molar-refractivity contribution in [3.63, 3.8) is 0 Å². The minimum atomic E-state index is -0.261. The first kappa shape index (κ1) is 17.7. The molecule has 6 heteroatoms. The van der Waals surface area contributed by atoms with Crippen LogP contribution in [-0.2, 0) is 9.59 Å². The molecule has 1 atom stereocenters. The minimum absolute atomic E-state index is 0.1000. The van der Waals surface area contributed by atoms with E-state index in [0.29, 0.717) is 13.0 Å². The van der Waals surface area contributed by atoms with Crippen molar-refractivity contribution in [2.45, 2.75) is 45.1 Å². The Kier molecular flexibility index (Phi) is 5.89. The minimum Gasteiger partial charge on any atom is -0.355 e. The van der Waals surface area contributed by atoms with Gasteiger partial charge in [-0.3, -0.25) is 9.59 Å². The maximum absolute atomic E-state index is 13.1. The summed E-state index contributed by atoms with van der Waals surface area (Å²) in [5.41, 5.74) is 0. The number of amides is 2. The third-order valence-electron chi connectivity index (χ3n) is 5.19. The van der Waals surface area contributed by atoms with E-state index in [-0.39, 0.29) is 17.9 Å². The monoisotopic (exact) mass is 344 g/mol. The van der Waals surface area contributed by atoms with E-state index in [9.17, 15) is 9.59 Å². The Morgan fingerprint density at radius 1 is 1.08 bits per heavy atom. The van der Waals surface area contributed by atoms with Crippen molar-refractivity contribution in [2.24, 2.45) is 0 Å². The predicted molar refractivity (Wildman–Crippen MR) is 97.3 cm³/mol. The van der Waals surface area contributed by atoms with E-state index in [4.69, 9.17) is 0 Å². The largest absolute Gasteiger partial charge is 0.355 e. The summed E-state index contributed by atoms with van der Waals surface area (Å²) in [5, 5.41) is 0. The van der Waals surface area contributed by atoms with E-state index in [0.717, 1.165) is 57.7 Å². The summed E-state index contributed by atoms with van der Waals surface area (Å²) >= 11 is 0.